The molecular weight excluding hydrogens is 117 g/mol. The highest BCUT2D eigenvalue weighted by atomic mass is 16.5. The van der Waals surface area contributed by atoms with Gasteiger partial charge in [0.25, 0.3) is 0 Å². The highest BCUT2D eigenvalue weighted by Gasteiger charge is 2.21. The van der Waals surface area contributed by atoms with Gasteiger partial charge in [-0.1, -0.05) is 0 Å². The van der Waals surface area contributed by atoms with Crippen LogP contribution in [0.5, 0.6) is 0 Å². The molecule has 1 aliphatic rings. The number of morpholine rings is 1. The Bertz CT molecular complexity index is 116. The van der Waals surface area contributed by atoms with Crippen LogP contribution in [-0.4, -0.2) is 38.0 Å². The second-order valence-electron chi connectivity index (χ2n) is 2.27. The number of carbonyl (C=O) groups excluding carboxylic acids is 1. The van der Waals surface area contributed by atoms with Crippen molar-refractivity contribution in [2.24, 2.45) is 0 Å². The largest absolute Gasteiger partial charge is 0.389 e. The molecular formula is C5H10BNO2. The van der Waals surface area contributed by atoms with Gasteiger partial charge in [0, 0.05) is 6.54 Å². The molecule has 0 N–H and O–H groups in total. The molecule has 1 amide bonds. The first-order valence-corrected chi connectivity index (χ1v) is 3.08. The molecule has 1 unspecified atom stereocenters. The fraction of sp³-hybridized carbons (Fsp3) is 0.800. The summed E-state index contributed by atoms with van der Waals surface area (Å²) in [6.45, 7) is 3.17. The third-order valence-corrected chi connectivity index (χ3v) is 1.52. The molecule has 1 heterocycles. The van der Waals surface area contributed by atoms with Crippen LogP contribution in [0.2, 0.25) is 0 Å². The Labute approximate surface area is 55.4 Å². The molecule has 0 bridgehead atoms. The van der Waals surface area contributed by atoms with E-state index in [0.717, 1.165) is 6.54 Å². The Morgan fingerprint density at radius 2 is 2.56 bits per heavy atom. The molecule has 50 valence electrons. The second-order valence-corrected chi connectivity index (χ2v) is 2.27. The Morgan fingerprint density at radius 3 is 3.00 bits per heavy atom. The highest BCUT2D eigenvalue weighted by Crippen LogP contribution is 2.01. The van der Waals surface area contributed by atoms with E-state index in [-0.39, 0.29) is 12.0 Å². The number of ether oxygens (including phenoxy) is 1. The molecule has 1 fully saturated rings. The van der Waals surface area contributed by atoms with Gasteiger partial charge in [-0.15, -0.1) is 0 Å². The van der Waals surface area contributed by atoms with Crippen LogP contribution in [-0.2, 0) is 9.53 Å². The van der Waals surface area contributed by atoms with Gasteiger partial charge in [0.2, 0.25) is 13.9 Å². The third kappa shape index (κ3) is 1.24. The molecule has 0 radical (unpaired) electrons. The Kier molecular flexibility index (Phi) is 1.76. The predicted molar refractivity (Wildman–Crippen MR) is 35.7 cm³/mol. The number of hydrogen-bond donors (Lipinski definition) is 0. The van der Waals surface area contributed by atoms with Crippen molar-refractivity contribution in [3.05, 3.63) is 0 Å². The van der Waals surface area contributed by atoms with Gasteiger partial charge >= 0.3 is 0 Å². The van der Waals surface area contributed by atoms with Gasteiger partial charge in [0.1, 0.15) is 6.10 Å². The zero-order chi connectivity index (χ0) is 6.85. The van der Waals surface area contributed by atoms with Gasteiger partial charge in [0.05, 0.1) is 6.61 Å². The molecule has 1 atom stereocenters. The summed E-state index contributed by atoms with van der Waals surface area (Å²) in [5.41, 5.74) is 0. The summed E-state index contributed by atoms with van der Waals surface area (Å²) in [6.07, 6.45) is -0.233. The van der Waals surface area contributed by atoms with Crippen molar-refractivity contribution in [2.75, 3.05) is 13.2 Å². The summed E-state index contributed by atoms with van der Waals surface area (Å²) in [5, 5.41) is 0. The fourth-order valence-corrected chi connectivity index (χ4v) is 0.858. The van der Waals surface area contributed by atoms with Crippen LogP contribution in [0.25, 0.3) is 0 Å². The van der Waals surface area contributed by atoms with Crippen molar-refractivity contribution in [3.63, 3.8) is 0 Å². The van der Waals surface area contributed by atoms with E-state index in [1.54, 1.807) is 19.7 Å². The number of hydrogen-bond acceptors (Lipinski definition) is 2. The van der Waals surface area contributed by atoms with Gasteiger partial charge < -0.3 is 9.55 Å². The van der Waals surface area contributed by atoms with Crippen LogP contribution >= 0.6 is 0 Å². The quantitative estimate of drug-likeness (QED) is 0.382. The lowest BCUT2D eigenvalue weighted by Gasteiger charge is -2.27. The van der Waals surface area contributed by atoms with Crippen LogP contribution in [0.4, 0.5) is 0 Å². The highest BCUT2D eigenvalue weighted by molar-refractivity contribution is 6.15. The summed E-state index contributed by atoms with van der Waals surface area (Å²) in [4.78, 5) is 12.6. The van der Waals surface area contributed by atoms with E-state index in [1.807, 2.05) is 0 Å². The van der Waals surface area contributed by atoms with Crippen molar-refractivity contribution in [1.29, 1.82) is 0 Å². The van der Waals surface area contributed by atoms with Crippen molar-refractivity contribution in [3.8, 4) is 0 Å². The third-order valence-electron chi connectivity index (χ3n) is 1.52. The van der Waals surface area contributed by atoms with Gasteiger partial charge in [-0.2, -0.15) is 0 Å². The van der Waals surface area contributed by atoms with Crippen molar-refractivity contribution in [1.82, 2.24) is 4.81 Å². The first-order chi connectivity index (χ1) is 4.22. The smallest absolute Gasteiger partial charge is 0.239 e. The zero-order valence-corrected chi connectivity index (χ0v) is 5.76. The average molecular weight is 127 g/mol. The molecule has 0 spiro atoms. The SMILES string of the molecule is BN1CCOC(C)C1=O. The van der Waals surface area contributed by atoms with Crippen LogP contribution < -0.4 is 0 Å². The Hall–Kier alpha value is -0.505. The van der Waals surface area contributed by atoms with Crippen LogP contribution in [0.3, 0.4) is 0 Å². The maximum absolute atomic E-state index is 10.9. The predicted octanol–water partition coefficient (Wildman–Crippen LogP) is -1.22. The number of amides is 1. The van der Waals surface area contributed by atoms with Crippen LogP contribution in [0.15, 0.2) is 0 Å². The lowest BCUT2D eigenvalue weighted by molar-refractivity contribution is -0.144. The molecule has 0 saturated carbocycles. The monoisotopic (exact) mass is 127 g/mol. The molecule has 1 saturated heterocycles. The molecule has 0 aromatic carbocycles. The van der Waals surface area contributed by atoms with E-state index in [0.29, 0.717) is 6.61 Å². The second kappa shape index (κ2) is 2.39. The molecule has 1 rings (SSSR count). The molecule has 9 heavy (non-hydrogen) atoms. The van der Waals surface area contributed by atoms with Gasteiger partial charge in [-0.3, -0.25) is 4.79 Å². The minimum absolute atomic E-state index is 0.0845. The standard InChI is InChI=1S/C5H10BNO2/c1-4-5(8)7(6)2-3-9-4/h4H,2-3,6H2,1H3. The summed E-state index contributed by atoms with van der Waals surface area (Å²) in [7, 11) is 1.79. The average Bonchev–Trinajstić information content (AvgIpc) is 1.83. The van der Waals surface area contributed by atoms with E-state index >= 15 is 0 Å². The van der Waals surface area contributed by atoms with Crippen molar-refractivity contribution >= 4 is 13.9 Å². The molecule has 1 aliphatic heterocycles. The Balaban J connectivity index is 2.52. The topological polar surface area (TPSA) is 29.5 Å². The van der Waals surface area contributed by atoms with E-state index in [2.05, 4.69) is 0 Å². The molecule has 4 heteroatoms. The maximum Gasteiger partial charge on any atom is 0.239 e. The van der Waals surface area contributed by atoms with Crippen LogP contribution in [0.1, 0.15) is 6.92 Å². The van der Waals surface area contributed by atoms with Gasteiger partial charge in [-0.25, -0.2) is 0 Å². The molecule has 0 aromatic heterocycles. The van der Waals surface area contributed by atoms with E-state index < -0.39 is 0 Å². The number of rotatable bonds is 0. The minimum Gasteiger partial charge on any atom is -0.389 e. The molecule has 3 nitrogen and oxygen atoms in total. The normalized spacial score (nSPS) is 28.8. The van der Waals surface area contributed by atoms with Crippen molar-refractivity contribution in [2.45, 2.75) is 13.0 Å². The zero-order valence-electron chi connectivity index (χ0n) is 5.76. The van der Waals surface area contributed by atoms with E-state index in [9.17, 15) is 4.79 Å². The fourth-order valence-electron chi connectivity index (χ4n) is 0.858. The minimum atomic E-state index is -0.233. The summed E-state index contributed by atoms with van der Waals surface area (Å²) in [6, 6.07) is 0. The summed E-state index contributed by atoms with van der Waals surface area (Å²) in [5.74, 6) is 0.0845. The first-order valence-electron chi connectivity index (χ1n) is 3.08. The van der Waals surface area contributed by atoms with Crippen LogP contribution in [0, 0.1) is 0 Å². The van der Waals surface area contributed by atoms with E-state index in [1.165, 1.54) is 0 Å². The summed E-state index contributed by atoms with van der Waals surface area (Å²) < 4.78 is 5.07. The number of carbonyl (C=O) groups is 1. The summed E-state index contributed by atoms with van der Waals surface area (Å²) >= 11 is 0. The van der Waals surface area contributed by atoms with Gasteiger partial charge in [0.15, 0.2) is 0 Å². The molecule has 0 aromatic rings. The molecule has 0 aliphatic carbocycles. The lowest BCUT2D eigenvalue weighted by atomic mass is 10.2. The Morgan fingerprint density at radius 1 is 1.89 bits per heavy atom. The van der Waals surface area contributed by atoms with Crippen molar-refractivity contribution < 1.29 is 9.53 Å². The first kappa shape index (κ1) is 6.61. The van der Waals surface area contributed by atoms with Gasteiger partial charge in [-0.05, 0) is 6.92 Å². The lowest BCUT2D eigenvalue weighted by Crippen LogP contribution is -2.44. The number of nitrogens with zero attached hydrogens (tertiary/aromatic N) is 1. The van der Waals surface area contributed by atoms with E-state index in [4.69, 9.17) is 4.74 Å². The maximum atomic E-state index is 10.9.